The van der Waals surface area contributed by atoms with Crippen LogP contribution in [-0.4, -0.2) is 21.7 Å². The van der Waals surface area contributed by atoms with Crippen LogP contribution in [0.15, 0.2) is 18.2 Å². The molecule has 1 aromatic rings. The lowest BCUT2D eigenvalue weighted by molar-refractivity contribution is 0.284. The lowest BCUT2D eigenvalue weighted by Crippen LogP contribution is -2.06. The monoisotopic (exact) mass is 218 g/mol. The van der Waals surface area contributed by atoms with E-state index in [4.69, 9.17) is 10.2 Å². The molecule has 78 valence electrons. The molecule has 0 aliphatic heterocycles. The van der Waals surface area contributed by atoms with Gasteiger partial charge in [0.25, 0.3) is 0 Å². The normalized spacial score (nSPS) is 15.0. The summed E-state index contributed by atoms with van der Waals surface area (Å²) in [5.41, 5.74) is 0. The first-order valence-corrected chi connectivity index (χ1v) is 5.55. The van der Waals surface area contributed by atoms with Crippen LogP contribution in [0.4, 0.5) is 0 Å². The van der Waals surface area contributed by atoms with Crippen molar-refractivity contribution in [1.82, 2.24) is 0 Å². The lowest BCUT2D eigenvalue weighted by atomic mass is 10.3. The van der Waals surface area contributed by atoms with Crippen molar-refractivity contribution in [2.24, 2.45) is 0 Å². The van der Waals surface area contributed by atoms with Gasteiger partial charge in [-0.25, -0.2) is 0 Å². The summed E-state index contributed by atoms with van der Waals surface area (Å²) in [6.07, 6.45) is 0. The number of rotatable bonds is 3. The van der Waals surface area contributed by atoms with Crippen LogP contribution < -0.4 is 5.30 Å². The molecule has 0 heterocycles. The molecule has 1 aromatic carbocycles. The van der Waals surface area contributed by atoms with Crippen molar-refractivity contribution >= 4 is 12.9 Å². The van der Waals surface area contributed by atoms with E-state index in [-0.39, 0.29) is 17.7 Å². The Balaban J connectivity index is 3.08. The SMILES string of the molecule is CCOP(=O)(O)c1ccc(O)c(O)c1. The molecule has 0 fully saturated rings. The molecule has 1 unspecified atom stereocenters. The number of aromatic hydroxyl groups is 2. The smallest absolute Gasteiger partial charge is 0.358 e. The van der Waals surface area contributed by atoms with Gasteiger partial charge >= 0.3 is 7.60 Å². The molecule has 0 saturated carbocycles. The molecule has 0 aliphatic carbocycles. The molecule has 0 spiro atoms. The minimum absolute atomic E-state index is 0.0466. The van der Waals surface area contributed by atoms with Crippen molar-refractivity contribution in [1.29, 1.82) is 0 Å². The molecule has 3 N–H and O–H groups in total. The lowest BCUT2D eigenvalue weighted by Gasteiger charge is -2.11. The molecule has 5 nitrogen and oxygen atoms in total. The Labute approximate surface area is 81.1 Å². The minimum Gasteiger partial charge on any atom is -0.504 e. The second-order valence-corrected chi connectivity index (χ2v) is 4.43. The maximum absolute atomic E-state index is 11.4. The number of benzene rings is 1. The molecule has 0 radical (unpaired) electrons. The van der Waals surface area contributed by atoms with Gasteiger partial charge in [0.15, 0.2) is 11.5 Å². The maximum Gasteiger partial charge on any atom is 0.358 e. The molecule has 0 bridgehead atoms. The van der Waals surface area contributed by atoms with Crippen LogP contribution in [0.25, 0.3) is 0 Å². The van der Waals surface area contributed by atoms with E-state index < -0.39 is 13.3 Å². The van der Waals surface area contributed by atoms with Crippen LogP contribution >= 0.6 is 7.60 Å². The van der Waals surface area contributed by atoms with Crippen molar-refractivity contribution in [3.05, 3.63) is 18.2 Å². The van der Waals surface area contributed by atoms with Gasteiger partial charge in [-0.05, 0) is 25.1 Å². The Bertz CT molecular complexity index is 376. The third kappa shape index (κ3) is 2.26. The fraction of sp³-hybridized carbons (Fsp3) is 0.250. The molecule has 0 amide bonds. The van der Waals surface area contributed by atoms with Gasteiger partial charge in [-0.15, -0.1) is 0 Å². The number of hydrogen-bond acceptors (Lipinski definition) is 4. The summed E-state index contributed by atoms with van der Waals surface area (Å²) in [5, 5.41) is 18.0. The molecule has 6 heteroatoms. The quantitative estimate of drug-likeness (QED) is 0.519. The first-order chi connectivity index (χ1) is 6.47. The average molecular weight is 218 g/mol. The van der Waals surface area contributed by atoms with E-state index in [0.717, 1.165) is 12.1 Å². The summed E-state index contributed by atoms with van der Waals surface area (Å²) in [4.78, 5) is 9.34. The van der Waals surface area contributed by atoms with Crippen molar-refractivity contribution in [3.63, 3.8) is 0 Å². The van der Waals surface area contributed by atoms with E-state index in [2.05, 4.69) is 4.52 Å². The van der Waals surface area contributed by atoms with Crippen molar-refractivity contribution in [3.8, 4) is 11.5 Å². The van der Waals surface area contributed by atoms with Gasteiger partial charge in [0.05, 0.1) is 11.9 Å². The predicted molar refractivity (Wildman–Crippen MR) is 50.9 cm³/mol. The van der Waals surface area contributed by atoms with Gasteiger partial charge in [0.2, 0.25) is 0 Å². The van der Waals surface area contributed by atoms with Gasteiger partial charge in [-0.3, -0.25) is 4.57 Å². The number of hydrogen-bond donors (Lipinski definition) is 3. The molecular formula is C8H11O5P. The van der Waals surface area contributed by atoms with Gasteiger partial charge < -0.3 is 19.6 Å². The molecule has 0 saturated heterocycles. The highest BCUT2D eigenvalue weighted by atomic mass is 31.2. The van der Waals surface area contributed by atoms with Gasteiger partial charge in [-0.2, -0.15) is 0 Å². The highest BCUT2D eigenvalue weighted by molar-refractivity contribution is 7.61. The highest BCUT2D eigenvalue weighted by Crippen LogP contribution is 2.42. The molecule has 0 aromatic heterocycles. The summed E-state index contributed by atoms with van der Waals surface area (Å²) < 4.78 is 16.0. The van der Waals surface area contributed by atoms with Crippen molar-refractivity contribution < 1.29 is 24.2 Å². The highest BCUT2D eigenvalue weighted by Gasteiger charge is 2.22. The summed E-state index contributed by atoms with van der Waals surface area (Å²) in [6.45, 7) is 1.68. The standard InChI is InChI=1S/C8H11O5P/c1-2-13-14(11,12)6-3-4-7(9)8(10)5-6/h3-5,9-10H,2H2,1H3,(H,11,12). The fourth-order valence-electron chi connectivity index (χ4n) is 0.937. The van der Waals surface area contributed by atoms with Gasteiger partial charge in [0.1, 0.15) is 0 Å². The van der Waals surface area contributed by atoms with E-state index in [1.54, 1.807) is 6.92 Å². The summed E-state index contributed by atoms with van der Waals surface area (Å²) in [5.74, 6) is -0.790. The van der Waals surface area contributed by atoms with Crippen molar-refractivity contribution in [2.45, 2.75) is 6.92 Å². The van der Waals surface area contributed by atoms with E-state index >= 15 is 0 Å². The number of phenols is 2. The van der Waals surface area contributed by atoms with E-state index in [1.807, 2.05) is 0 Å². The Morgan fingerprint density at radius 1 is 1.36 bits per heavy atom. The molecule has 1 rings (SSSR count). The van der Waals surface area contributed by atoms with Gasteiger partial charge in [-0.1, -0.05) is 0 Å². The maximum atomic E-state index is 11.4. The minimum atomic E-state index is -3.86. The van der Waals surface area contributed by atoms with Crippen LogP contribution in [0, 0.1) is 0 Å². The van der Waals surface area contributed by atoms with Crippen molar-refractivity contribution in [2.75, 3.05) is 6.61 Å². The molecular weight excluding hydrogens is 207 g/mol. The number of phenolic OH excluding ortho intramolecular Hbond substituents is 2. The third-order valence-electron chi connectivity index (χ3n) is 1.59. The predicted octanol–water partition coefficient (Wildman–Crippen LogP) is 0.945. The zero-order valence-corrected chi connectivity index (χ0v) is 8.44. The van der Waals surface area contributed by atoms with Crippen LogP contribution in [-0.2, 0) is 9.09 Å². The molecule has 0 aliphatic rings. The largest absolute Gasteiger partial charge is 0.504 e. The summed E-state index contributed by atoms with van der Waals surface area (Å²) >= 11 is 0. The van der Waals surface area contributed by atoms with E-state index in [0.29, 0.717) is 0 Å². The fourth-order valence-corrected chi connectivity index (χ4v) is 1.98. The second-order valence-electron chi connectivity index (χ2n) is 2.61. The molecule has 14 heavy (non-hydrogen) atoms. The summed E-state index contributed by atoms with van der Waals surface area (Å²) in [6, 6.07) is 3.36. The first kappa shape index (κ1) is 11.0. The third-order valence-corrected chi connectivity index (χ3v) is 3.13. The van der Waals surface area contributed by atoms with Gasteiger partial charge in [0, 0.05) is 0 Å². The van der Waals surface area contributed by atoms with Crippen LogP contribution in [0.5, 0.6) is 11.5 Å². The Kier molecular flexibility index (Phi) is 3.16. The molecule has 1 atom stereocenters. The van der Waals surface area contributed by atoms with E-state index in [9.17, 15) is 9.46 Å². The second kappa shape index (κ2) is 4.00. The zero-order valence-electron chi connectivity index (χ0n) is 7.54. The van der Waals surface area contributed by atoms with Crippen LogP contribution in [0.2, 0.25) is 0 Å². The van der Waals surface area contributed by atoms with E-state index in [1.165, 1.54) is 6.07 Å². The first-order valence-electron chi connectivity index (χ1n) is 3.97. The average Bonchev–Trinajstić information content (AvgIpc) is 2.09. The Hall–Kier alpha value is -1.03. The summed E-state index contributed by atoms with van der Waals surface area (Å²) in [7, 11) is -3.86. The van der Waals surface area contributed by atoms with Crippen LogP contribution in [0.1, 0.15) is 6.92 Å². The Morgan fingerprint density at radius 3 is 2.50 bits per heavy atom. The topological polar surface area (TPSA) is 87.0 Å². The zero-order chi connectivity index (χ0) is 10.8. The van der Waals surface area contributed by atoms with Crippen LogP contribution in [0.3, 0.4) is 0 Å². The Morgan fingerprint density at radius 2 is 2.00 bits per heavy atom.